The Labute approximate surface area is 167 Å². The fourth-order valence-corrected chi connectivity index (χ4v) is 3.78. The molecule has 0 heterocycles. The average Bonchev–Trinajstić information content (AvgIpc) is 3.16. The normalized spacial score (nSPS) is 14.5. The molecule has 3 aromatic rings. The van der Waals surface area contributed by atoms with E-state index in [1.54, 1.807) is 24.3 Å². The Morgan fingerprint density at radius 3 is 1.69 bits per heavy atom. The minimum Gasteiger partial charge on any atom is -0.497 e. The number of rotatable bonds is 4. The zero-order valence-corrected chi connectivity index (χ0v) is 15.8. The molecule has 1 nitrogen and oxygen atoms in total. The lowest BCUT2D eigenvalue weighted by Gasteiger charge is -2.15. The summed E-state index contributed by atoms with van der Waals surface area (Å²) < 4.78 is 47.5. The molecule has 146 valence electrons. The smallest absolute Gasteiger partial charge is 0.413 e. The molecule has 1 aliphatic carbocycles. The molecule has 0 aromatic heterocycles. The van der Waals surface area contributed by atoms with Crippen molar-refractivity contribution in [2.75, 3.05) is 7.11 Å². The topological polar surface area (TPSA) is 9.23 Å². The molecule has 0 fully saturated rings. The highest BCUT2D eigenvalue weighted by Crippen LogP contribution is 2.52. The molecule has 0 spiro atoms. The molecule has 0 atom stereocenters. The van der Waals surface area contributed by atoms with E-state index >= 15 is 0 Å². The van der Waals surface area contributed by atoms with Crippen molar-refractivity contribution in [3.8, 4) is 5.75 Å². The lowest BCUT2D eigenvalue weighted by atomic mass is 9.90. The minimum absolute atomic E-state index is 0.154. The lowest BCUT2D eigenvalue weighted by Crippen LogP contribution is -2.12. The summed E-state index contributed by atoms with van der Waals surface area (Å²) in [6, 6.07) is 25.4. The quantitative estimate of drug-likeness (QED) is 0.463. The third-order valence-corrected chi connectivity index (χ3v) is 5.11. The summed E-state index contributed by atoms with van der Waals surface area (Å²) >= 11 is 0. The van der Waals surface area contributed by atoms with Crippen LogP contribution < -0.4 is 4.74 Å². The first-order chi connectivity index (χ1) is 14.0. The summed E-state index contributed by atoms with van der Waals surface area (Å²) in [4.78, 5) is 0. The van der Waals surface area contributed by atoms with E-state index in [2.05, 4.69) is 0 Å². The van der Waals surface area contributed by atoms with Crippen molar-refractivity contribution < 1.29 is 17.9 Å². The van der Waals surface area contributed by atoms with Crippen LogP contribution in [0.4, 0.5) is 13.2 Å². The second-order valence-corrected chi connectivity index (χ2v) is 6.84. The third-order valence-electron chi connectivity index (χ3n) is 5.11. The molecule has 0 N–H and O–H groups in total. The summed E-state index contributed by atoms with van der Waals surface area (Å²) in [6.07, 6.45) is -4.58. The van der Waals surface area contributed by atoms with E-state index in [1.165, 1.54) is 7.11 Å². The number of allylic oxidation sites excluding steroid dienone is 4. The van der Waals surface area contributed by atoms with Crippen molar-refractivity contribution in [2.24, 2.45) is 0 Å². The van der Waals surface area contributed by atoms with Crippen LogP contribution in [-0.2, 0) is 0 Å². The van der Waals surface area contributed by atoms with Crippen LogP contribution >= 0.6 is 0 Å². The van der Waals surface area contributed by atoms with Gasteiger partial charge in [-0.3, -0.25) is 0 Å². The zero-order valence-electron chi connectivity index (χ0n) is 15.8. The van der Waals surface area contributed by atoms with Crippen LogP contribution in [-0.4, -0.2) is 13.3 Å². The maximum absolute atomic E-state index is 14.1. The van der Waals surface area contributed by atoms with Crippen LogP contribution in [0.1, 0.15) is 23.1 Å². The maximum atomic E-state index is 14.1. The van der Waals surface area contributed by atoms with Gasteiger partial charge in [0.2, 0.25) is 0 Å². The van der Waals surface area contributed by atoms with Crippen molar-refractivity contribution in [1.29, 1.82) is 0 Å². The number of benzene rings is 3. The Morgan fingerprint density at radius 1 is 0.655 bits per heavy atom. The van der Waals surface area contributed by atoms with Crippen molar-refractivity contribution >= 4 is 16.7 Å². The zero-order chi connectivity index (χ0) is 20.4. The van der Waals surface area contributed by atoms with Gasteiger partial charge in [0, 0.05) is 12.0 Å². The Bertz CT molecular complexity index is 1060. The molecule has 0 aliphatic heterocycles. The number of hydrogen-bond acceptors (Lipinski definition) is 1. The first kappa shape index (κ1) is 19.1. The van der Waals surface area contributed by atoms with Crippen LogP contribution in [0.25, 0.3) is 16.7 Å². The van der Waals surface area contributed by atoms with Gasteiger partial charge in [-0.1, -0.05) is 72.8 Å². The van der Waals surface area contributed by atoms with E-state index in [1.807, 2.05) is 60.7 Å². The predicted octanol–water partition coefficient (Wildman–Crippen LogP) is 7.03. The summed E-state index contributed by atoms with van der Waals surface area (Å²) in [6.45, 7) is 0. The van der Waals surface area contributed by atoms with Gasteiger partial charge in [-0.15, -0.1) is 0 Å². The van der Waals surface area contributed by atoms with E-state index < -0.39 is 11.7 Å². The molecule has 0 saturated heterocycles. The number of methoxy groups -OCH3 is 1. The van der Waals surface area contributed by atoms with Crippen molar-refractivity contribution in [3.05, 3.63) is 107 Å². The second-order valence-electron chi connectivity index (χ2n) is 6.84. The maximum Gasteiger partial charge on any atom is 0.413 e. The fraction of sp³-hybridized carbons (Fsp3) is 0.120. The number of hydrogen-bond donors (Lipinski definition) is 0. The molecule has 3 aromatic carbocycles. The van der Waals surface area contributed by atoms with Gasteiger partial charge in [-0.2, -0.15) is 13.2 Å². The Balaban J connectivity index is 1.99. The van der Waals surface area contributed by atoms with E-state index in [4.69, 9.17) is 4.74 Å². The van der Waals surface area contributed by atoms with Gasteiger partial charge in [-0.05, 0) is 45.5 Å². The molecular formula is C25H19F3O. The highest BCUT2D eigenvalue weighted by Gasteiger charge is 2.42. The summed E-state index contributed by atoms with van der Waals surface area (Å²) in [5.74, 6) is 0.606. The van der Waals surface area contributed by atoms with Crippen molar-refractivity contribution in [1.82, 2.24) is 0 Å². The van der Waals surface area contributed by atoms with E-state index in [0.717, 1.165) is 11.1 Å². The van der Waals surface area contributed by atoms with Crippen molar-refractivity contribution in [2.45, 2.75) is 12.6 Å². The first-order valence-electron chi connectivity index (χ1n) is 9.28. The van der Waals surface area contributed by atoms with Gasteiger partial charge < -0.3 is 4.74 Å². The van der Waals surface area contributed by atoms with Gasteiger partial charge in [0.15, 0.2) is 0 Å². The first-order valence-corrected chi connectivity index (χ1v) is 9.28. The number of ether oxygens (including phenoxy) is 1. The average molecular weight is 392 g/mol. The number of halogens is 3. The molecule has 29 heavy (non-hydrogen) atoms. The number of alkyl halides is 3. The van der Waals surface area contributed by atoms with E-state index in [0.29, 0.717) is 22.5 Å². The lowest BCUT2D eigenvalue weighted by molar-refractivity contribution is -0.0917. The molecule has 0 unspecified atom stereocenters. The molecule has 4 rings (SSSR count). The standard InChI is InChI=1S/C25H19F3O/c1-29-20-14-12-19(13-15-20)24-22(25(26,27)28)16-21(17-8-4-2-5-9-17)23(24)18-10-6-3-7-11-18/h2-15H,16H2,1H3. The molecule has 0 radical (unpaired) electrons. The molecular weight excluding hydrogens is 373 g/mol. The van der Waals surface area contributed by atoms with E-state index in [9.17, 15) is 13.2 Å². The van der Waals surface area contributed by atoms with Gasteiger partial charge in [-0.25, -0.2) is 0 Å². The Morgan fingerprint density at radius 2 is 1.17 bits per heavy atom. The highest BCUT2D eigenvalue weighted by atomic mass is 19.4. The largest absolute Gasteiger partial charge is 0.497 e. The second kappa shape index (κ2) is 7.63. The highest BCUT2D eigenvalue weighted by molar-refractivity contribution is 6.19. The van der Waals surface area contributed by atoms with Crippen LogP contribution in [0.15, 0.2) is 90.5 Å². The molecule has 4 heteroatoms. The van der Waals surface area contributed by atoms with Crippen LogP contribution in [0.3, 0.4) is 0 Å². The summed E-state index contributed by atoms with van der Waals surface area (Å²) in [5.41, 5.74) is 3.16. The van der Waals surface area contributed by atoms with Crippen LogP contribution in [0.2, 0.25) is 0 Å². The molecule has 0 bridgehead atoms. The Kier molecular flexibility index (Phi) is 5.01. The van der Waals surface area contributed by atoms with E-state index in [-0.39, 0.29) is 12.0 Å². The third kappa shape index (κ3) is 3.70. The van der Waals surface area contributed by atoms with Crippen molar-refractivity contribution in [3.63, 3.8) is 0 Å². The summed E-state index contributed by atoms with van der Waals surface area (Å²) in [7, 11) is 1.54. The fourth-order valence-electron chi connectivity index (χ4n) is 3.78. The van der Waals surface area contributed by atoms with Gasteiger partial charge in [0.1, 0.15) is 5.75 Å². The summed E-state index contributed by atoms with van der Waals surface area (Å²) in [5, 5.41) is 0. The van der Waals surface area contributed by atoms with Gasteiger partial charge in [0.05, 0.1) is 7.11 Å². The molecule has 0 amide bonds. The predicted molar refractivity (Wildman–Crippen MR) is 110 cm³/mol. The van der Waals surface area contributed by atoms with Gasteiger partial charge >= 0.3 is 6.18 Å². The monoisotopic (exact) mass is 392 g/mol. The van der Waals surface area contributed by atoms with Crippen LogP contribution in [0.5, 0.6) is 5.75 Å². The molecule has 0 saturated carbocycles. The minimum atomic E-state index is -4.42. The molecule has 1 aliphatic rings. The SMILES string of the molecule is COc1ccc(C2=C(C(F)(F)F)CC(c3ccccc3)=C2c2ccccc2)cc1. The van der Waals surface area contributed by atoms with Gasteiger partial charge in [0.25, 0.3) is 0 Å². The van der Waals surface area contributed by atoms with Crippen LogP contribution in [0, 0.1) is 0 Å². The Hall–Kier alpha value is -3.27.